The van der Waals surface area contributed by atoms with Crippen LogP contribution in [0.1, 0.15) is 37.7 Å². The van der Waals surface area contributed by atoms with Crippen LogP contribution in [-0.2, 0) is 20.9 Å². The number of nitro benzene ring substituents is 1. The Morgan fingerprint density at radius 2 is 2.00 bits per heavy atom. The van der Waals surface area contributed by atoms with Gasteiger partial charge in [-0.3, -0.25) is 24.6 Å². The predicted octanol–water partition coefficient (Wildman–Crippen LogP) is 1.03. The summed E-state index contributed by atoms with van der Waals surface area (Å²) >= 11 is 0. The van der Waals surface area contributed by atoms with Crippen molar-refractivity contribution in [1.82, 2.24) is 15.1 Å². The lowest BCUT2D eigenvalue weighted by Crippen LogP contribution is -2.47. The van der Waals surface area contributed by atoms with Gasteiger partial charge in [-0.25, -0.2) is 0 Å². The molecule has 1 aromatic carbocycles. The van der Waals surface area contributed by atoms with Crippen molar-refractivity contribution in [2.24, 2.45) is 11.7 Å². The van der Waals surface area contributed by atoms with Crippen LogP contribution >= 0.6 is 0 Å². The van der Waals surface area contributed by atoms with E-state index in [1.807, 2.05) is 0 Å². The second kappa shape index (κ2) is 10.6. The molecule has 3 N–H and O–H groups in total. The van der Waals surface area contributed by atoms with Crippen molar-refractivity contribution in [1.29, 1.82) is 0 Å². The lowest BCUT2D eigenvalue weighted by atomic mass is 10.1. The van der Waals surface area contributed by atoms with E-state index in [0.29, 0.717) is 39.1 Å². The number of nitrogens with two attached hydrogens (primary N) is 1. The lowest BCUT2D eigenvalue weighted by Gasteiger charge is -2.31. The largest absolute Gasteiger partial charge is 0.377 e. The van der Waals surface area contributed by atoms with E-state index in [4.69, 9.17) is 10.5 Å². The zero-order chi connectivity index (χ0) is 23.4. The van der Waals surface area contributed by atoms with Crippen molar-refractivity contribution >= 4 is 17.5 Å². The van der Waals surface area contributed by atoms with Crippen LogP contribution in [0.15, 0.2) is 24.3 Å². The highest BCUT2D eigenvalue weighted by Gasteiger charge is 2.45. The molecule has 10 heteroatoms. The molecular formula is C23H33N5O5. The Morgan fingerprint density at radius 3 is 2.61 bits per heavy atom. The van der Waals surface area contributed by atoms with Crippen molar-refractivity contribution < 1.29 is 19.2 Å². The van der Waals surface area contributed by atoms with Crippen molar-refractivity contribution in [2.45, 2.75) is 56.8 Å². The van der Waals surface area contributed by atoms with Gasteiger partial charge in [-0.2, -0.15) is 0 Å². The Balaban J connectivity index is 1.52. The number of nitro groups is 1. The first-order chi connectivity index (χ1) is 16.0. The van der Waals surface area contributed by atoms with E-state index >= 15 is 0 Å². The maximum absolute atomic E-state index is 13.0. The molecule has 1 saturated carbocycles. The number of non-ortho nitro benzene ring substituents is 1. The summed E-state index contributed by atoms with van der Waals surface area (Å²) in [6, 6.07) is 6.07. The molecule has 3 atom stereocenters. The Labute approximate surface area is 193 Å². The van der Waals surface area contributed by atoms with Crippen molar-refractivity contribution in [3.63, 3.8) is 0 Å². The summed E-state index contributed by atoms with van der Waals surface area (Å²) in [6.07, 6.45) is 4.44. The second-order valence-corrected chi connectivity index (χ2v) is 9.24. The number of carbonyl (C=O) groups excluding carboxylic acids is 2. The van der Waals surface area contributed by atoms with Gasteiger partial charge in [0, 0.05) is 63.4 Å². The molecule has 180 valence electrons. The maximum atomic E-state index is 13.0. The fraction of sp³-hybridized carbons (Fsp3) is 0.652. The zero-order valence-electron chi connectivity index (χ0n) is 18.9. The number of benzene rings is 1. The van der Waals surface area contributed by atoms with E-state index in [1.54, 1.807) is 17.0 Å². The highest BCUT2D eigenvalue weighted by atomic mass is 16.6. The summed E-state index contributed by atoms with van der Waals surface area (Å²) in [6.45, 7) is 3.25. The maximum Gasteiger partial charge on any atom is 0.269 e. The number of nitrogens with zero attached hydrogens (tertiary/aromatic N) is 3. The van der Waals surface area contributed by atoms with Crippen molar-refractivity contribution in [3.05, 3.63) is 39.9 Å². The minimum Gasteiger partial charge on any atom is -0.377 e. The van der Waals surface area contributed by atoms with E-state index in [0.717, 1.165) is 37.9 Å². The summed E-state index contributed by atoms with van der Waals surface area (Å²) in [5.41, 5.74) is 6.56. The number of hydrogen-bond donors (Lipinski definition) is 2. The average molecular weight is 460 g/mol. The van der Waals surface area contributed by atoms with Gasteiger partial charge < -0.3 is 20.7 Å². The van der Waals surface area contributed by atoms with Gasteiger partial charge in [0.1, 0.15) is 6.04 Å². The smallest absolute Gasteiger partial charge is 0.269 e. The van der Waals surface area contributed by atoms with E-state index in [-0.39, 0.29) is 35.6 Å². The van der Waals surface area contributed by atoms with Crippen LogP contribution in [0.2, 0.25) is 0 Å². The van der Waals surface area contributed by atoms with Crippen LogP contribution in [0.25, 0.3) is 0 Å². The summed E-state index contributed by atoms with van der Waals surface area (Å²) in [5.74, 6) is -0.0444. The zero-order valence-corrected chi connectivity index (χ0v) is 18.9. The molecule has 2 saturated heterocycles. The molecule has 3 unspecified atom stereocenters. The van der Waals surface area contributed by atoms with Gasteiger partial charge in [-0.1, -0.05) is 12.1 Å². The van der Waals surface area contributed by atoms with Gasteiger partial charge >= 0.3 is 0 Å². The molecule has 2 heterocycles. The molecule has 10 nitrogen and oxygen atoms in total. The third-order valence-electron chi connectivity index (χ3n) is 6.75. The number of carbonyl (C=O) groups is 2. The number of rotatable bonds is 10. The topological polar surface area (TPSA) is 131 Å². The first-order valence-corrected chi connectivity index (χ1v) is 11.8. The Hall–Kier alpha value is -2.56. The Bertz CT molecular complexity index is 853. The van der Waals surface area contributed by atoms with Crippen LogP contribution in [-0.4, -0.2) is 77.5 Å². The van der Waals surface area contributed by atoms with E-state index in [9.17, 15) is 19.7 Å². The van der Waals surface area contributed by atoms with Gasteiger partial charge in [0.2, 0.25) is 11.8 Å². The summed E-state index contributed by atoms with van der Waals surface area (Å²) in [5, 5.41) is 13.9. The van der Waals surface area contributed by atoms with E-state index < -0.39 is 11.0 Å². The van der Waals surface area contributed by atoms with Crippen LogP contribution < -0.4 is 11.1 Å². The molecule has 4 rings (SSSR count). The fourth-order valence-corrected chi connectivity index (χ4v) is 4.80. The van der Waals surface area contributed by atoms with Crippen LogP contribution in [0.5, 0.6) is 0 Å². The third kappa shape index (κ3) is 5.87. The van der Waals surface area contributed by atoms with Crippen LogP contribution in [0.3, 0.4) is 0 Å². The molecule has 0 spiro atoms. The normalized spacial score (nSPS) is 24.9. The van der Waals surface area contributed by atoms with Crippen molar-refractivity contribution in [3.8, 4) is 0 Å². The predicted molar refractivity (Wildman–Crippen MR) is 121 cm³/mol. The van der Waals surface area contributed by atoms with Gasteiger partial charge in [0.05, 0.1) is 11.0 Å². The molecule has 1 aliphatic carbocycles. The number of likely N-dealkylation sites (tertiary alicyclic amines) is 1. The quantitative estimate of drug-likeness (QED) is 0.395. The molecule has 33 heavy (non-hydrogen) atoms. The molecule has 0 aromatic heterocycles. The van der Waals surface area contributed by atoms with Gasteiger partial charge in [-0.05, 0) is 37.7 Å². The SMILES string of the molecule is NCCNC(=O)C1CC(N(Cc2ccc([N+](=O)[O-])cc2)CC2CCCO2)CN1C(=O)C1CC1. The minimum absolute atomic E-state index is 0.000665. The number of nitrogens with one attached hydrogen (secondary N) is 1. The number of amides is 2. The molecule has 2 aliphatic heterocycles. The highest BCUT2D eigenvalue weighted by Crippen LogP contribution is 2.35. The molecule has 0 bridgehead atoms. The lowest BCUT2D eigenvalue weighted by molar-refractivity contribution is -0.384. The van der Waals surface area contributed by atoms with Crippen LogP contribution in [0, 0.1) is 16.0 Å². The minimum atomic E-state index is -0.501. The van der Waals surface area contributed by atoms with Crippen LogP contribution in [0.4, 0.5) is 5.69 Å². The standard InChI is InChI=1S/C23H33N5O5/c24-9-10-25-22(29)21-12-19(14-27(21)23(30)17-5-6-17)26(15-20-2-1-11-33-20)13-16-3-7-18(8-4-16)28(31)32/h3-4,7-8,17,19-21H,1-2,5-6,9-15,24H2,(H,25,29). The Kier molecular flexibility index (Phi) is 7.56. The van der Waals surface area contributed by atoms with E-state index in [1.165, 1.54) is 12.1 Å². The molecule has 1 aromatic rings. The molecule has 0 radical (unpaired) electrons. The first-order valence-electron chi connectivity index (χ1n) is 11.8. The van der Waals surface area contributed by atoms with Gasteiger partial charge in [-0.15, -0.1) is 0 Å². The summed E-state index contributed by atoms with van der Waals surface area (Å²) < 4.78 is 5.88. The van der Waals surface area contributed by atoms with Crippen molar-refractivity contribution in [2.75, 3.05) is 32.8 Å². The van der Waals surface area contributed by atoms with Gasteiger partial charge in [0.25, 0.3) is 5.69 Å². The Morgan fingerprint density at radius 1 is 1.24 bits per heavy atom. The monoisotopic (exact) mass is 459 g/mol. The molecule has 3 aliphatic rings. The third-order valence-corrected chi connectivity index (χ3v) is 6.75. The van der Waals surface area contributed by atoms with E-state index in [2.05, 4.69) is 10.2 Å². The first kappa shape index (κ1) is 23.6. The summed E-state index contributed by atoms with van der Waals surface area (Å²) in [4.78, 5) is 40.5. The highest BCUT2D eigenvalue weighted by molar-refractivity contribution is 5.90. The fourth-order valence-electron chi connectivity index (χ4n) is 4.80. The molecule has 3 fully saturated rings. The van der Waals surface area contributed by atoms with Gasteiger partial charge in [0.15, 0.2) is 0 Å². The average Bonchev–Trinajstić information content (AvgIpc) is 3.35. The molecular weight excluding hydrogens is 426 g/mol. The number of hydrogen-bond acceptors (Lipinski definition) is 7. The summed E-state index contributed by atoms with van der Waals surface area (Å²) in [7, 11) is 0. The number of ether oxygens (including phenoxy) is 1. The second-order valence-electron chi connectivity index (χ2n) is 9.24. The molecule has 2 amide bonds.